The van der Waals surface area contributed by atoms with E-state index in [1.54, 1.807) is 11.3 Å². The maximum atomic E-state index is 13.5. The Morgan fingerprint density at radius 2 is 2.00 bits per heavy atom. The molecule has 0 saturated heterocycles. The van der Waals surface area contributed by atoms with Gasteiger partial charge in [-0.1, -0.05) is 18.2 Å². The Hall–Kier alpha value is -3.72. The van der Waals surface area contributed by atoms with Gasteiger partial charge in [0.15, 0.2) is 11.5 Å². The third-order valence-corrected chi connectivity index (χ3v) is 6.46. The summed E-state index contributed by atoms with van der Waals surface area (Å²) in [5, 5.41) is 8.02. The number of rotatable bonds is 5. The van der Waals surface area contributed by atoms with Gasteiger partial charge in [-0.05, 0) is 47.3 Å². The lowest BCUT2D eigenvalue weighted by atomic mass is 10.0. The molecule has 9 heteroatoms. The molecule has 3 aromatic rings. The SMILES string of the molecule is CN(CC(=O)N1N=C(c2cccs2)C[C@@H]1c1ccc2c(c1)OCO2)C(=O)c1cccc(F)c1. The van der Waals surface area contributed by atoms with Crippen LogP contribution in [0.2, 0.25) is 0 Å². The fourth-order valence-corrected chi connectivity index (χ4v) is 4.62. The predicted molar refractivity (Wildman–Crippen MR) is 121 cm³/mol. The number of carbonyl (C=O) groups excluding carboxylic acids is 2. The number of fused-ring (bicyclic) bond motifs is 1. The van der Waals surface area contributed by atoms with Crippen molar-refractivity contribution in [2.24, 2.45) is 5.10 Å². The van der Waals surface area contributed by atoms with Crippen molar-refractivity contribution >= 4 is 28.9 Å². The summed E-state index contributed by atoms with van der Waals surface area (Å²) in [4.78, 5) is 28.2. The van der Waals surface area contributed by atoms with E-state index in [0.29, 0.717) is 17.9 Å². The minimum Gasteiger partial charge on any atom is -0.454 e. The van der Waals surface area contributed by atoms with Gasteiger partial charge in [0.05, 0.1) is 16.6 Å². The number of benzene rings is 2. The third-order valence-electron chi connectivity index (χ3n) is 5.54. The average molecular weight is 466 g/mol. The zero-order valence-corrected chi connectivity index (χ0v) is 18.5. The predicted octanol–water partition coefficient (Wildman–Crippen LogP) is 4.07. The Balaban J connectivity index is 1.40. The van der Waals surface area contributed by atoms with Gasteiger partial charge in [0, 0.05) is 19.0 Å². The first-order valence-corrected chi connectivity index (χ1v) is 11.2. The van der Waals surface area contributed by atoms with E-state index < -0.39 is 11.7 Å². The molecule has 1 aromatic heterocycles. The molecular weight excluding hydrogens is 445 g/mol. The van der Waals surface area contributed by atoms with Crippen LogP contribution in [-0.4, -0.2) is 47.8 Å². The van der Waals surface area contributed by atoms with Crippen LogP contribution in [0.4, 0.5) is 4.39 Å². The first-order valence-electron chi connectivity index (χ1n) is 10.3. The number of hydrogen-bond acceptors (Lipinski definition) is 6. The first kappa shape index (κ1) is 21.1. The van der Waals surface area contributed by atoms with Crippen LogP contribution in [0.5, 0.6) is 11.5 Å². The molecule has 0 N–H and O–H groups in total. The molecule has 0 unspecified atom stereocenters. The number of hydrazone groups is 1. The molecule has 7 nitrogen and oxygen atoms in total. The second-order valence-corrected chi connectivity index (χ2v) is 8.71. The molecule has 2 amide bonds. The largest absolute Gasteiger partial charge is 0.454 e. The van der Waals surface area contributed by atoms with E-state index >= 15 is 0 Å². The number of amides is 2. The van der Waals surface area contributed by atoms with E-state index in [2.05, 4.69) is 5.10 Å². The molecule has 5 rings (SSSR count). The fraction of sp³-hybridized carbons (Fsp3) is 0.208. The van der Waals surface area contributed by atoms with E-state index in [4.69, 9.17) is 9.47 Å². The van der Waals surface area contributed by atoms with Gasteiger partial charge in [0.2, 0.25) is 6.79 Å². The zero-order chi connectivity index (χ0) is 22.9. The van der Waals surface area contributed by atoms with Crippen LogP contribution in [0.3, 0.4) is 0 Å². The van der Waals surface area contributed by atoms with Crippen molar-refractivity contribution in [3.8, 4) is 11.5 Å². The smallest absolute Gasteiger partial charge is 0.262 e. The minimum atomic E-state index is -0.506. The van der Waals surface area contributed by atoms with Gasteiger partial charge < -0.3 is 14.4 Å². The lowest BCUT2D eigenvalue weighted by Gasteiger charge is -2.25. The van der Waals surface area contributed by atoms with Crippen molar-refractivity contribution in [2.75, 3.05) is 20.4 Å². The summed E-state index contributed by atoms with van der Waals surface area (Å²) in [6.45, 7) is -0.0341. The summed E-state index contributed by atoms with van der Waals surface area (Å²) < 4.78 is 24.4. The highest BCUT2D eigenvalue weighted by Gasteiger charge is 2.35. The molecule has 0 aliphatic carbocycles. The Kier molecular flexibility index (Phi) is 5.55. The van der Waals surface area contributed by atoms with Gasteiger partial charge in [-0.15, -0.1) is 11.3 Å². The van der Waals surface area contributed by atoms with E-state index in [1.165, 1.54) is 35.2 Å². The van der Waals surface area contributed by atoms with Crippen molar-refractivity contribution in [2.45, 2.75) is 12.5 Å². The molecule has 0 bridgehead atoms. The van der Waals surface area contributed by atoms with Crippen molar-refractivity contribution < 1.29 is 23.5 Å². The standard InChI is InChI=1S/C24H20FN3O4S/c1-27(24(30)16-4-2-5-17(25)10-16)13-23(29)28-19(12-18(26-28)22-6-3-9-33-22)15-7-8-20-21(11-15)32-14-31-20/h2-11,19H,12-14H2,1H3/t19-/m1/s1. The summed E-state index contributed by atoms with van der Waals surface area (Å²) >= 11 is 1.56. The van der Waals surface area contributed by atoms with Gasteiger partial charge in [0.25, 0.3) is 11.8 Å². The Morgan fingerprint density at radius 1 is 1.15 bits per heavy atom. The number of ether oxygens (including phenoxy) is 2. The summed E-state index contributed by atoms with van der Waals surface area (Å²) in [5.41, 5.74) is 1.85. The van der Waals surface area contributed by atoms with Crippen LogP contribution >= 0.6 is 11.3 Å². The van der Waals surface area contributed by atoms with E-state index in [1.807, 2.05) is 35.7 Å². The maximum absolute atomic E-state index is 13.5. The van der Waals surface area contributed by atoms with E-state index in [0.717, 1.165) is 22.2 Å². The molecule has 1 atom stereocenters. The summed E-state index contributed by atoms with van der Waals surface area (Å²) in [5.74, 6) is 0.00566. The molecule has 168 valence electrons. The van der Waals surface area contributed by atoms with Crippen LogP contribution < -0.4 is 9.47 Å². The second-order valence-electron chi connectivity index (χ2n) is 7.77. The highest BCUT2D eigenvalue weighted by atomic mass is 32.1. The lowest BCUT2D eigenvalue weighted by molar-refractivity contribution is -0.133. The number of thiophene rings is 1. The Morgan fingerprint density at radius 3 is 2.79 bits per heavy atom. The van der Waals surface area contributed by atoms with Crippen molar-refractivity contribution in [3.05, 3.63) is 81.8 Å². The first-order chi connectivity index (χ1) is 16.0. The van der Waals surface area contributed by atoms with Crippen molar-refractivity contribution in [3.63, 3.8) is 0 Å². The molecule has 0 spiro atoms. The van der Waals surface area contributed by atoms with Crippen LogP contribution in [-0.2, 0) is 4.79 Å². The van der Waals surface area contributed by atoms with Crippen molar-refractivity contribution in [1.29, 1.82) is 0 Å². The summed E-state index contributed by atoms with van der Waals surface area (Å²) in [7, 11) is 1.51. The van der Waals surface area contributed by atoms with Gasteiger partial charge in [0.1, 0.15) is 12.4 Å². The molecule has 0 saturated carbocycles. The second kappa shape index (κ2) is 8.67. The van der Waals surface area contributed by atoms with Gasteiger partial charge in [-0.2, -0.15) is 5.10 Å². The molecule has 33 heavy (non-hydrogen) atoms. The van der Waals surface area contributed by atoms with Crippen molar-refractivity contribution in [1.82, 2.24) is 9.91 Å². The fourth-order valence-electron chi connectivity index (χ4n) is 3.90. The topological polar surface area (TPSA) is 71.4 Å². The number of nitrogens with zero attached hydrogens (tertiary/aromatic N) is 3. The molecule has 0 radical (unpaired) electrons. The molecule has 2 aromatic carbocycles. The highest BCUT2D eigenvalue weighted by Crippen LogP contribution is 2.39. The summed E-state index contributed by atoms with van der Waals surface area (Å²) in [6, 6.07) is 14.5. The maximum Gasteiger partial charge on any atom is 0.262 e. The number of likely N-dealkylation sites (N-methyl/N-ethyl adjacent to an activating group) is 1. The molecule has 0 fully saturated rings. The Bertz CT molecular complexity index is 1240. The van der Waals surface area contributed by atoms with Crippen LogP contribution in [0, 0.1) is 5.82 Å². The molecule has 2 aliphatic rings. The number of halogens is 1. The van der Waals surface area contributed by atoms with Crippen LogP contribution in [0.15, 0.2) is 65.1 Å². The van der Waals surface area contributed by atoms with Crippen LogP contribution in [0.25, 0.3) is 0 Å². The Labute approximate surface area is 193 Å². The van der Waals surface area contributed by atoms with Gasteiger partial charge >= 0.3 is 0 Å². The van der Waals surface area contributed by atoms with Gasteiger partial charge in [-0.25, -0.2) is 9.40 Å². The quantitative estimate of drug-likeness (QED) is 0.570. The zero-order valence-electron chi connectivity index (χ0n) is 17.7. The minimum absolute atomic E-state index is 0.163. The van der Waals surface area contributed by atoms with Gasteiger partial charge in [-0.3, -0.25) is 9.59 Å². The lowest BCUT2D eigenvalue weighted by Crippen LogP contribution is -2.39. The molecule has 2 aliphatic heterocycles. The normalized spacial score (nSPS) is 16.6. The van der Waals surface area contributed by atoms with Crippen LogP contribution in [0.1, 0.15) is 33.3 Å². The monoisotopic (exact) mass is 465 g/mol. The highest BCUT2D eigenvalue weighted by molar-refractivity contribution is 7.12. The molecule has 3 heterocycles. The summed E-state index contributed by atoms with van der Waals surface area (Å²) in [6.07, 6.45) is 0.535. The number of hydrogen-bond donors (Lipinski definition) is 0. The number of carbonyl (C=O) groups is 2. The third kappa shape index (κ3) is 4.19. The molecular formula is C24H20FN3O4S. The van der Waals surface area contributed by atoms with E-state index in [9.17, 15) is 14.0 Å². The average Bonchev–Trinajstić information content (AvgIpc) is 3.58. The van der Waals surface area contributed by atoms with E-state index in [-0.39, 0.29) is 30.9 Å².